The fraction of sp³-hybridized carbons (Fsp3) is 0.250. The van der Waals surface area contributed by atoms with E-state index in [1.54, 1.807) is 36.1 Å². The number of rotatable bonds is 4. The molecule has 24 heavy (non-hydrogen) atoms. The third-order valence-corrected chi connectivity index (χ3v) is 4.18. The molecule has 1 saturated heterocycles. The summed E-state index contributed by atoms with van der Waals surface area (Å²) >= 11 is 5.89. The van der Waals surface area contributed by atoms with Crippen LogP contribution in [0, 0.1) is 5.41 Å². The molecule has 2 aromatic rings. The van der Waals surface area contributed by atoms with Crippen LogP contribution in [0.2, 0.25) is 5.02 Å². The SMILES string of the molecule is CC(=O)N1CC(Nc2ncnc(N)c2C(=N)c2ccc(Cl)cc2)C1. The minimum absolute atomic E-state index is 0.0457. The van der Waals surface area contributed by atoms with Gasteiger partial charge in [-0.05, 0) is 12.1 Å². The predicted molar refractivity (Wildman–Crippen MR) is 93.5 cm³/mol. The highest BCUT2D eigenvalue weighted by Crippen LogP contribution is 2.24. The Morgan fingerprint density at radius 3 is 2.62 bits per heavy atom. The molecule has 1 amide bonds. The van der Waals surface area contributed by atoms with Crippen LogP contribution in [-0.4, -0.2) is 45.6 Å². The zero-order valence-electron chi connectivity index (χ0n) is 13.1. The number of halogens is 1. The highest BCUT2D eigenvalue weighted by molar-refractivity contribution is 6.30. The fourth-order valence-corrected chi connectivity index (χ4v) is 2.66. The second-order valence-corrected chi connectivity index (χ2v) is 6.07. The Labute approximate surface area is 144 Å². The molecule has 3 rings (SSSR count). The second kappa shape index (κ2) is 6.45. The van der Waals surface area contributed by atoms with E-state index in [0.29, 0.717) is 35.1 Å². The van der Waals surface area contributed by atoms with E-state index in [1.165, 1.54) is 6.33 Å². The minimum Gasteiger partial charge on any atom is -0.383 e. The molecule has 7 nitrogen and oxygen atoms in total. The van der Waals surface area contributed by atoms with Gasteiger partial charge in [-0.2, -0.15) is 0 Å². The Hall–Kier alpha value is -2.67. The largest absolute Gasteiger partial charge is 0.383 e. The summed E-state index contributed by atoms with van der Waals surface area (Å²) in [7, 11) is 0. The number of anilines is 2. The molecule has 2 heterocycles. The first-order valence-electron chi connectivity index (χ1n) is 7.43. The summed E-state index contributed by atoms with van der Waals surface area (Å²) in [6.07, 6.45) is 1.36. The van der Waals surface area contributed by atoms with Gasteiger partial charge in [0.25, 0.3) is 0 Å². The minimum atomic E-state index is 0.0457. The van der Waals surface area contributed by atoms with E-state index in [-0.39, 0.29) is 23.5 Å². The van der Waals surface area contributed by atoms with Gasteiger partial charge in [0.1, 0.15) is 18.0 Å². The van der Waals surface area contributed by atoms with E-state index in [2.05, 4.69) is 15.3 Å². The third kappa shape index (κ3) is 3.16. The summed E-state index contributed by atoms with van der Waals surface area (Å²) in [6, 6.07) is 7.02. The topological polar surface area (TPSA) is 108 Å². The van der Waals surface area contributed by atoms with Gasteiger partial charge < -0.3 is 16.0 Å². The average molecular weight is 345 g/mol. The summed E-state index contributed by atoms with van der Waals surface area (Å²) in [5.74, 6) is 0.773. The fourth-order valence-electron chi connectivity index (χ4n) is 2.54. The zero-order chi connectivity index (χ0) is 17.3. The number of nitrogen functional groups attached to an aromatic ring is 1. The normalized spacial score (nSPS) is 14.2. The van der Waals surface area contributed by atoms with Crippen molar-refractivity contribution in [1.29, 1.82) is 5.41 Å². The quantitative estimate of drug-likeness (QED) is 0.732. The van der Waals surface area contributed by atoms with Crippen molar-refractivity contribution in [3.63, 3.8) is 0 Å². The number of nitrogens with one attached hydrogen (secondary N) is 2. The number of benzene rings is 1. The maximum absolute atomic E-state index is 11.3. The van der Waals surface area contributed by atoms with Gasteiger partial charge in [-0.15, -0.1) is 0 Å². The van der Waals surface area contributed by atoms with E-state index >= 15 is 0 Å². The van der Waals surface area contributed by atoms with Gasteiger partial charge in [-0.1, -0.05) is 23.7 Å². The number of hydrogen-bond donors (Lipinski definition) is 3. The van der Waals surface area contributed by atoms with Crippen molar-refractivity contribution in [3.8, 4) is 0 Å². The molecule has 0 unspecified atom stereocenters. The molecule has 8 heteroatoms. The Bertz CT molecular complexity index is 786. The lowest BCUT2D eigenvalue weighted by Crippen LogP contribution is -2.56. The van der Waals surface area contributed by atoms with Crippen molar-refractivity contribution < 1.29 is 4.79 Å². The molecular formula is C16H17ClN6O. The summed E-state index contributed by atoms with van der Waals surface area (Å²) in [6.45, 7) is 2.75. The molecule has 124 valence electrons. The molecule has 1 aliphatic rings. The predicted octanol–water partition coefficient (Wildman–Crippen LogP) is 1.77. The zero-order valence-corrected chi connectivity index (χ0v) is 13.8. The lowest BCUT2D eigenvalue weighted by Gasteiger charge is -2.39. The number of nitrogens with two attached hydrogens (primary N) is 1. The van der Waals surface area contributed by atoms with Crippen LogP contribution in [-0.2, 0) is 4.79 Å². The van der Waals surface area contributed by atoms with Crippen molar-refractivity contribution in [3.05, 3.63) is 46.7 Å². The molecule has 1 aliphatic heterocycles. The molecular weight excluding hydrogens is 328 g/mol. The molecule has 1 aromatic heterocycles. The summed E-state index contributed by atoms with van der Waals surface area (Å²) in [4.78, 5) is 21.2. The van der Waals surface area contributed by atoms with Crippen LogP contribution in [0.3, 0.4) is 0 Å². The maximum atomic E-state index is 11.3. The molecule has 0 radical (unpaired) electrons. The molecule has 0 aliphatic carbocycles. The van der Waals surface area contributed by atoms with Crippen LogP contribution >= 0.6 is 11.6 Å². The van der Waals surface area contributed by atoms with Gasteiger partial charge in [-0.3, -0.25) is 10.2 Å². The van der Waals surface area contributed by atoms with Gasteiger partial charge in [0.05, 0.1) is 17.3 Å². The van der Waals surface area contributed by atoms with Crippen molar-refractivity contribution in [2.24, 2.45) is 0 Å². The first-order chi connectivity index (χ1) is 11.5. The van der Waals surface area contributed by atoms with Crippen molar-refractivity contribution in [2.45, 2.75) is 13.0 Å². The standard InChI is InChI=1S/C16H17ClN6O/c1-9(24)23-6-12(7-23)22-16-13(15(19)20-8-21-16)14(18)10-2-4-11(17)5-3-10/h2-5,8,12,18H,6-7H2,1H3,(H3,19,20,21,22). The van der Waals surface area contributed by atoms with E-state index in [4.69, 9.17) is 22.7 Å². The molecule has 1 fully saturated rings. The van der Waals surface area contributed by atoms with Crippen molar-refractivity contribution in [1.82, 2.24) is 14.9 Å². The number of carbonyl (C=O) groups excluding carboxylic acids is 1. The molecule has 0 saturated carbocycles. The van der Waals surface area contributed by atoms with Gasteiger partial charge in [0, 0.05) is 30.6 Å². The van der Waals surface area contributed by atoms with E-state index in [0.717, 1.165) is 0 Å². The van der Waals surface area contributed by atoms with Crippen LogP contribution in [0.15, 0.2) is 30.6 Å². The summed E-state index contributed by atoms with van der Waals surface area (Å²) < 4.78 is 0. The summed E-state index contributed by atoms with van der Waals surface area (Å²) in [5.41, 5.74) is 7.31. The number of aromatic nitrogens is 2. The highest BCUT2D eigenvalue weighted by atomic mass is 35.5. The van der Waals surface area contributed by atoms with Gasteiger partial charge in [-0.25, -0.2) is 9.97 Å². The first kappa shape index (κ1) is 16.2. The van der Waals surface area contributed by atoms with E-state index < -0.39 is 0 Å². The molecule has 0 atom stereocenters. The number of hydrogen-bond acceptors (Lipinski definition) is 6. The highest BCUT2D eigenvalue weighted by Gasteiger charge is 2.30. The van der Waals surface area contributed by atoms with Crippen LogP contribution < -0.4 is 11.1 Å². The Kier molecular flexibility index (Phi) is 4.35. The average Bonchev–Trinajstić information content (AvgIpc) is 2.50. The first-order valence-corrected chi connectivity index (χ1v) is 7.81. The monoisotopic (exact) mass is 344 g/mol. The number of carbonyl (C=O) groups is 1. The van der Waals surface area contributed by atoms with Gasteiger partial charge >= 0.3 is 0 Å². The van der Waals surface area contributed by atoms with E-state index in [9.17, 15) is 4.79 Å². The van der Waals surface area contributed by atoms with Crippen molar-refractivity contribution >= 4 is 34.9 Å². The maximum Gasteiger partial charge on any atom is 0.219 e. The second-order valence-electron chi connectivity index (χ2n) is 5.63. The van der Waals surface area contributed by atoms with Crippen molar-refractivity contribution in [2.75, 3.05) is 24.1 Å². The Morgan fingerprint density at radius 2 is 2.00 bits per heavy atom. The molecule has 0 bridgehead atoms. The van der Waals surface area contributed by atoms with Crippen LogP contribution in [0.5, 0.6) is 0 Å². The smallest absolute Gasteiger partial charge is 0.219 e. The lowest BCUT2D eigenvalue weighted by molar-refractivity contribution is -0.132. The molecule has 1 aromatic carbocycles. The number of likely N-dealkylation sites (tertiary alicyclic amines) is 1. The van der Waals surface area contributed by atoms with E-state index in [1.807, 2.05) is 0 Å². The molecule has 0 spiro atoms. The van der Waals surface area contributed by atoms with Gasteiger partial charge in [0.2, 0.25) is 5.91 Å². The Morgan fingerprint density at radius 1 is 1.33 bits per heavy atom. The van der Waals surface area contributed by atoms with Crippen LogP contribution in [0.4, 0.5) is 11.6 Å². The van der Waals surface area contributed by atoms with Crippen LogP contribution in [0.25, 0.3) is 0 Å². The lowest BCUT2D eigenvalue weighted by atomic mass is 10.0. The molecule has 4 N–H and O–H groups in total. The Balaban J connectivity index is 1.84. The number of nitrogens with zero attached hydrogens (tertiary/aromatic N) is 3. The van der Waals surface area contributed by atoms with Gasteiger partial charge in [0.15, 0.2) is 0 Å². The summed E-state index contributed by atoms with van der Waals surface area (Å²) in [5, 5.41) is 12.3. The van der Waals surface area contributed by atoms with Crippen LogP contribution in [0.1, 0.15) is 18.1 Å². The number of amides is 1. The third-order valence-electron chi connectivity index (χ3n) is 3.93.